The van der Waals surface area contributed by atoms with Gasteiger partial charge in [0.05, 0.1) is 13.2 Å². The first kappa shape index (κ1) is 10.1. The molecule has 1 saturated heterocycles. The van der Waals surface area contributed by atoms with E-state index >= 15 is 0 Å². The van der Waals surface area contributed by atoms with Gasteiger partial charge >= 0.3 is 7.82 Å². The van der Waals surface area contributed by atoms with Gasteiger partial charge in [0.25, 0.3) is 0 Å². The van der Waals surface area contributed by atoms with Crippen molar-refractivity contribution in [2.75, 3.05) is 20.3 Å². The van der Waals surface area contributed by atoms with Gasteiger partial charge < -0.3 is 0 Å². The summed E-state index contributed by atoms with van der Waals surface area (Å²) >= 11 is 0. The maximum Gasteiger partial charge on any atom is 0.474 e. The third-order valence-corrected chi connectivity index (χ3v) is 2.25. The molecule has 1 aliphatic rings. The third-order valence-electron chi connectivity index (χ3n) is 0.806. The molecule has 0 aliphatic carbocycles. The number of phosphoric acid groups is 1. The minimum Gasteiger partial charge on any atom is -0.290 e. The van der Waals surface area contributed by atoms with E-state index in [2.05, 4.69) is 13.6 Å². The Morgan fingerprint density at radius 1 is 1.30 bits per heavy atom. The number of phosphoric ester groups is 1. The lowest BCUT2D eigenvalue weighted by molar-refractivity contribution is 0.226. The van der Waals surface area contributed by atoms with Gasteiger partial charge in [0, 0.05) is 7.11 Å². The molecule has 0 unspecified atom stereocenters. The summed E-state index contributed by atoms with van der Waals surface area (Å²) in [5, 5.41) is 0. The van der Waals surface area contributed by atoms with E-state index < -0.39 is 7.82 Å². The zero-order chi connectivity index (χ0) is 8.04. The lowest BCUT2D eigenvalue weighted by Gasteiger charge is -2.02. The molecule has 0 saturated carbocycles. The Balaban J connectivity index is 0.000000371. The molecule has 0 aromatic carbocycles. The summed E-state index contributed by atoms with van der Waals surface area (Å²) in [6, 6.07) is 0. The molecule has 62 valence electrons. The summed E-state index contributed by atoms with van der Waals surface area (Å²) in [6.07, 6.45) is 0. The number of hydrogen-bond acceptors (Lipinski definition) is 4. The first-order valence-corrected chi connectivity index (χ1v) is 4.68. The molecule has 0 spiro atoms. The monoisotopic (exact) mass is 168 g/mol. The van der Waals surface area contributed by atoms with Crippen LogP contribution < -0.4 is 0 Å². The van der Waals surface area contributed by atoms with Crippen molar-refractivity contribution in [3.8, 4) is 0 Å². The van der Waals surface area contributed by atoms with E-state index in [1.54, 1.807) is 0 Å². The fraction of sp³-hybridized carbons (Fsp3) is 1.00. The highest BCUT2D eigenvalue weighted by atomic mass is 31.2. The van der Waals surface area contributed by atoms with Crippen molar-refractivity contribution < 1.29 is 18.1 Å². The molecule has 0 amide bonds. The van der Waals surface area contributed by atoms with Crippen LogP contribution in [-0.4, -0.2) is 20.3 Å². The fourth-order valence-corrected chi connectivity index (χ4v) is 1.32. The molecule has 1 rings (SSSR count). The van der Waals surface area contributed by atoms with E-state index in [4.69, 9.17) is 0 Å². The zero-order valence-corrected chi connectivity index (χ0v) is 7.39. The summed E-state index contributed by atoms with van der Waals surface area (Å²) in [5.74, 6) is 0. The molecular formula is C5H13O4P. The maximum absolute atomic E-state index is 10.7. The number of rotatable bonds is 1. The second-order valence-corrected chi connectivity index (χ2v) is 3.07. The molecular weight excluding hydrogens is 155 g/mol. The van der Waals surface area contributed by atoms with Crippen molar-refractivity contribution in [3.63, 3.8) is 0 Å². The molecule has 10 heavy (non-hydrogen) atoms. The highest BCUT2D eigenvalue weighted by Gasteiger charge is 2.29. The van der Waals surface area contributed by atoms with Gasteiger partial charge in [-0.25, -0.2) is 4.57 Å². The van der Waals surface area contributed by atoms with Gasteiger partial charge in [-0.05, 0) is 0 Å². The Morgan fingerprint density at radius 2 is 1.70 bits per heavy atom. The van der Waals surface area contributed by atoms with E-state index in [1.165, 1.54) is 7.11 Å². The van der Waals surface area contributed by atoms with Crippen LogP contribution in [0.2, 0.25) is 0 Å². The zero-order valence-electron chi connectivity index (χ0n) is 6.49. The van der Waals surface area contributed by atoms with Gasteiger partial charge in [-0.1, -0.05) is 13.8 Å². The smallest absolute Gasteiger partial charge is 0.290 e. The van der Waals surface area contributed by atoms with Gasteiger partial charge in [0.1, 0.15) is 0 Å². The Morgan fingerprint density at radius 3 is 1.90 bits per heavy atom. The first-order chi connectivity index (χ1) is 4.77. The van der Waals surface area contributed by atoms with Gasteiger partial charge in [-0.15, -0.1) is 0 Å². The fourth-order valence-electron chi connectivity index (χ4n) is 0.441. The van der Waals surface area contributed by atoms with Crippen molar-refractivity contribution in [3.05, 3.63) is 0 Å². The van der Waals surface area contributed by atoms with Crippen molar-refractivity contribution in [1.29, 1.82) is 0 Å². The molecule has 0 bridgehead atoms. The third kappa shape index (κ3) is 2.80. The molecule has 0 radical (unpaired) electrons. The van der Waals surface area contributed by atoms with Crippen LogP contribution in [0.25, 0.3) is 0 Å². The standard InChI is InChI=1S/C3H7O4P.C2H6/c1-5-8(4)6-2-3-7-8;1-2/h2-3H2,1H3;1-2H3. The van der Waals surface area contributed by atoms with Crippen LogP contribution in [0.5, 0.6) is 0 Å². The maximum atomic E-state index is 10.7. The normalized spacial score (nSPS) is 21.5. The van der Waals surface area contributed by atoms with Crippen molar-refractivity contribution in [1.82, 2.24) is 0 Å². The summed E-state index contributed by atoms with van der Waals surface area (Å²) in [7, 11) is -1.75. The molecule has 0 atom stereocenters. The molecule has 0 aromatic heterocycles. The van der Waals surface area contributed by atoms with Crippen LogP contribution >= 0.6 is 7.82 Å². The van der Waals surface area contributed by atoms with Gasteiger partial charge in [-0.3, -0.25) is 13.6 Å². The average Bonchev–Trinajstić information content (AvgIpc) is 2.42. The van der Waals surface area contributed by atoms with Crippen LogP contribution in [0.1, 0.15) is 13.8 Å². The van der Waals surface area contributed by atoms with E-state index in [0.29, 0.717) is 13.2 Å². The van der Waals surface area contributed by atoms with Crippen molar-refractivity contribution >= 4 is 7.82 Å². The number of hydrogen-bond donors (Lipinski definition) is 0. The van der Waals surface area contributed by atoms with Crippen molar-refractivity contribution in [2.45, 2.75) is 13.8 Å². The highest BCUT2D eigenvalue weighted by molar-refractivity contribution is 7.48. The minimum atomic E-state index is -3.05. The average molecular weight is 168 g/mol. The molecule has 0 aromatic rings. The van der Waals surface area contributed by atoms with E-state index in [-0.39, 0.29) is 0 Å². The Labute approximate surface area is 61.1 Å². The van der Waals surface area contributed by atoms with Gasteiger partial charge in [0.2, 0.25) is 0 Å². The largest absolute Gasteiger partial charge is 0.474 e. The van der Waals surface area contributed by atoms with Crippen molar-refractivity contribution in [2.24, 2.45) is 0 Å². The van der Waals surface area contributed by atoms with Crippen LogP contribution in [-0.2, 0) is 18.1 Å². The molecule has 1 aliphatic heterocycles. The van der Waals surface area contributed by atoms with E-state index in [1.807, 2.05) is 13.8 Å². The highest BCUT2D eigenvalue weighted by Crippen LogP contribution is 2.51. The molecule has 0 N–H and O–H groups in total. The van der Waals surface area contributed by atoms with E-state index in [9.17, 15) is 4.57 Å². The second-order valence-electron chi connectivity index (χ2n) is 1.30. The second kappa shape index (κ2) is 4.85. The van der Waals surface area contributed by atoms with Gasteiger partial charge in [-0.2, -0.15) is 0 Å². The molecule has 1 heterocycles. The Bertz CT molecular complexity index is 115. The first-order valence-electron chi connectivity index (χ1n) is 3.22. The van der Waals surface area contributed by atoms with Crippen LogP contribution in [0.15, 0.2) is 0 Å². The molecule has 4 nitrogen and oxygen atoms in total. The van der Waals surface area contributed by atoms with Gasteiger partial charge in [0.15, 0.2) is 0 Å². The van der Waals surface area contributed by atoms with Crippen LogP contribution in [0.3, 0.4) is 0 Å². The summed E-state index contributed by atoms with van der Waals surface area (Å²) < 4.78 is 24.3. The SMILES string of the molecule is CC.COP1(=O)OCCO1. The Hall–Kier alpha value is 0.110. The van der Waals surface area contributed by atoms with Crippen LogP contribution in [0, 0.1) is 0 Å². The topological polar surface area (TPSA) is 44.8 Å². The summed E-state index contributed by atoms with van der Waals surface area (Å²) in [6.45, 7) is 4.73. The Kier molecular flexibility index (Phi) is 4.91. The van der Waals surface area contributed by atoms with E-state index in [0.717, 1.165) is 0 Å². The molecule has 1 fully saturated rings. The predicted molar refractivity (Wildman–Crippen MR) is 37.9 cm³/mol. The lowest BCUT2D eigenvalue weighted by atomic mass is 10.8. The predicted octanol–water partition coefficient (Wildman–Crippen LogP) is 1.81. The lowest BCUT2D eigenvalue weighted by Crippen LogP contribution is -1.81. The minimum absolute atomic E-state index is 0.366. The van der Waals surface area contributed by atoms with Crippen LogP contribution in [0.4, 0.5) is 0 Å². The summed E-state index contributed by atoms with van der Waals surface area (Å²) in [5.41, 5.74) is 0. The quantitative estimate of drug-likeness (QED) is 0.560. The summed E-state index contributed by atoms with van der Waals surface area (Å²) in [4.78, 5) is 0. The molecule has 5 heteroatoms.